The molecular formula is C19H23ClN2O2. The zero-order chi connectivity index (χ0) is 16.2. The Morgan fingerprint density at radius 3 is 2.54 bits per heavy atom. The molecular weight excluding hydrogens is 324 g/mol. The van der Waals surface area contributed by atoms with Crippen LogP contribution in [-0.2, 0) is 0 Å². The lowest BCUT2D eigenvalue weighted by molar-refractivity contribution is 0.0765. The topological polar surface area (TPSA) is 61.4 Å². The number of rotatable bonds is 3. The third kappa shape index (κ3) is 4.15. The first-order valence-corrected chi connectivity index (χ1v) is 8.01. The molecule has 3 N–H and O–H groups in total. The zero-order valence-electron chi connectivity index (χ0n) is 13.7. The van der Waals surface area contributed by atoms with Crippen LogP contribution in [0.5, 0.6) is 0 Å². The molecule has 4 nitrogen and oxygen atoms in total. The fourth-order valence-electron chi connectivity index (χ4n) is 2.96. The maximum absolute atomic E-state index is 12.3. The van der Waals surface area contributed by atoms with Crippen molar-refractivity contribution in [2.24, 2.45) is 0 Å². The Morgan fingerprint density at radius 2 is 1.88 bits per heavy atom. The third-order valence-corrected chi connectivity index (χ3v) is 4.37. The number of carbonyl (C=O) groups is 1. The molecule has 0 spiro atoms. The van der Waals surface area contributed by atoms with E-state index in [0.717, 1.165) is 18.5 Å². The van der Waals surface area contributed by atoms with E-state index in [1.54, 1.807) is 0 Å². The Hall–Kier alpha value is -1.88. The summed E-state index contributed by atoms with van der Waals surface area (Å²) in [5, 5.41) is 15.9. The number of aliphatic hydroxyl groups excluding tert-OH is 1. The molecule has 1 saturated heterocycles. The fraction of sp³-hybridized carbons (Fsp3) is 0.316. The molecule has 1 heterocycles. The summed E-state index contributed by atoms with van der Waals surface area (Å²) in [7, 11) is 0. The van der Waals surface area contributed by atoms with Crippen molar-refractivity contribution in [1.82, 2.24) is 10.6 Å². The number of benzene rings is 2. The molecule has 0 saturated carbocycles. The molecule has 0 aliphatic carbocycles. The van der Waals surface area contributed by atoms with Crippen LogP contribution < -0.4 is 10.6 Å². The van der Waals surface area contributed by atoms with Crippen LogP contribution in [0.1, 0.15) is 22.3 Å². The van der Waals surface area contributed by atoms with Gasteiger partial charge in [0, 0.05) is 12.1 Å². The quantitative estimate of drug-likeness (QED) is 0.800. The Bertz CT molecular complexity index is 688. The number of piperidine rings is 1. The van der Waals surface area contributed by atoms with Crippen molar-refractivity contribution >= 4 is 18.3 Å². The number of amides is 1. The van der Waals surface area contributed by atoms with Gasteiger partial charge in [-0.3, -0.25) is 4.79 Å². The van der Waals surface area contributed by atoms with Gasteiger partial charge in [-0.25, -0.2) is 0 Å². The van der Waals surface area contributed by atoms with E-state index in [1.807, 2.05) is 36.4 Å². The van der Waals surface area contributed by atoms with Crippen molar-refractivity contribution in [3.05, 3.63) is 59.7 Å². The molecule has 1 amide bonds. The van der Waals surface area contributed by atoms with Crippen LogP contribution in [0, 0.1) is 6.92 Å². The molecule has 1 aliphatic rings. The van der Waals surface area contributed by atoms with Gasteiger partial charge in [0.25, 0.3) is 5.91 Å². The van der Waals surface area contributed by atoms with Crippen LogP contribution in [0.15, 0.2) is 48.5 Å². The molecule has 1 fully saturated rings. The lowest BCUT2D eigenvalue weighted by atomic mass is 9.99. The summed E-state index contributed by atoms with van der Waals surface area (Å²) in [4.78, 5) is 12.3. The zero-order valence-corrected chi connectivity index (χ0v) is 14.5. The van der Waals surface area contributed by atoms with Crippen molar-refractivity contribution in [3.8, 4) is 11.1 Å². The molecule has 5 heteroatoms. The minimum absolute atomic E-state index is 0. The minimum atomic E-state index is -0.529. The van der Waals surface area contributed by atoms with Crippen LogP contribution in [0.25, 0.3) is 11.1 Å². The summed E-state index contributed by atoms with van der Waals surface area (Å²) in [6.07, 6.45) is 0.215. The molecule has 3 rings (SSSR count). The number of nitrogens with one attached hydrogen (secondary N) is 2. The second-order valence-electron chi connectivity index (χ2n) is 6.03. The second kappa shape index (κ2) is 8.29. The average molecular weight is 347 g/mol. The number of β-amino-alcohol motifs (C(OH)–C–C–N with tert-alkyl or cyclic N) is 1. The lowest BCUT2D eigenvalue weighted by Gasteiger charge is -2.29. The van der Waals surface area contributed by atoms with Crippen molar-refractivity contribution < 1.29 is 9.90 Å². The Labute approximate surface area is 148 Å². The predicted molar refractivity (Wildman–Crippen MR) is 98.6 cm³/mol. The van der Waals surface area contributed by atoms with Gasteiger partial charge < -0.3 is 15.7 Å². The van der Waals surface area contributed by atoms with Gasteiger partial charge in [0.2, 0.25) is 0 Å². The van der Waals surface area contributed by atoms with Crippen LogP contribution >= 0.6 is 12.4 Å². The predicted octanol–water partition coefficient (Wildman–Crippen LogP) is 2.54. The highest BCUT2D eigenvalue weighted by Crippen LogP contribution is 2.23. The molecule has 0 radical (unpaired) electrons. The van der Waals surface area contributed by atoms with Gasteiger partial charge in [-0.1, -0.05) is 36.4 Å². The normalized spacial score (nSPS) is 20.1. The molecule has 24 heavy (non-hydrogen) atoms. The molecule has 2 aromatic rings. The van der Waals surface area contributed by atoms with E-state index in [-0.39, 0.29) is 24.4 Å². The van der Waals surface area contributed by atoms with E-state index in [1.165, 1.54) is 11.1 Å². The molecule has 0 aromatic heterocycles. The van der Waals surface area contributed by atoms with Gasteiger partial charge in [0.15, 0.2) is 0 Å². The van der Waals surface area contributed by atoms with E-state index in [9.17, 15) is 9.90 Å². The van der Waals surface area contributed by atoms with Gasteiger partial charge in [0.05, 0.1) is 12.1 Å². The minimum Gasteiger partial charge on any atom is -0.390 e. The van der Waals surface area contributed by atoms with Crippen molar-refractivity contribution in [2.75, 3.05) is 13.1 Å². The van der Waals surface area contributed by atoms with E-state index in [0.29, 0.717) is 12.1 Å². The Kier molecular flexibility index (Phi) is 6.37. The first kappa shape index (κ1) is 18.5. The summed E-state index contributed by atoms with van der Waals surface area (Å²) < 4.78 is 0. The number of carbonyl (C=O) groups excluding carboxylic acids is 1. The lowest BCUT2D eigenvalue weighted by Crippen LogP contribution is -2.52. The Morgan fingerprint density at radius 1 is 1.17 bits per heavy atom. The van der Waals surface area contributed by atoms with E-state index >= 15 is 0 Å². The monoisotopic (exact) mass is 346 g/mol. The summed E-state index contributed by atoms with van der Waals surface area (Å²) in [6.45, 7) is 3.42. The third-order valence-electron chi connectivity index (χ3n) is 4.37. The largest absolute Gasteiger partial charge is 0.390 e. The summed E-state index contributed by atoms with van der Waals surface area (Å²) >= 11 is 0. The summed E-state index contributed by atoms with van der Waals surface area (Å²) in [5.41, 5.74) is 4.10. The van der Waals surface area contributed by atoms with Gasteiger partial charge in [-0.05, 0) is 48.7 Å². The smallest absolute Gasteiger partial charge is 0.251 e. The van der Waals surface area contributed by atoms with Crippen LogP contribution in [0.3, 0.4) is 0 Å². The molecule has 128 valence electrons. The van der Waals surface area contributed by atoms with Crippen molar-refractivity contribution in [3.63, 3.8) is 0 Å². The summed E-state index contributed by atoms with van der Waals surface area (Å²) in [5.74, 6) is -0.132. The van der Waals surface area contributed by atoms with Crippen LogP contribution in [0.2, 0.25) is 0 Å². The first-order chi connectivity index (χ1) is 11.1. The molecule has 1 aliphatic heterocycles. The highest BCUT2D eigenvalue weighted by atomic mass is 35.5. The number of aryl methyl sites for hydroxylation is 1. The van der Waals surface area contributed by atoms with E-state index in [2.05, 4.69) is 29.7 Å². The van der Waals surface area contributed by atoms with E-state index in [4.69, 9.17) is 0 Å². The van der Waals surface area contributed by atoms with Gasteiger partial charge >= 0.3 is 0 Å². The number of hydrogen-bond donors (Lipinski definition) is 3. The number of aliphatic hydroxyl groups is 1. The maximum atomic E-state index is 12.3. The van der Waals surface area contributed by atoms with Crippen LogP contribution in [0.4, 0.5) is 0 Å². The number of halogens is 1. The standard InChI is InChI=1S/C19H22N2O2.ClH/c1-13-4-2-3-5-16(13)14-6-8-15(9-7-14)19(23)21-17-10-11-20-12-18(17)22;/h2-9,17-18,20,22H,10-12H2,1H3,(H,21,23);1H/t17-,18-;/m1./s1. The van der Waals surface area contributed by atoms with Gasteiger partial charge in [-0.15, -0.1) is 12.4 Å². The molecule has 0 bridgehead atoms. The second-order valence-corrected chi connectivity index (χ2v) is 6.03. The van der Waals surface area contributed by atoms with Gasteiger partial charge in [0.1, 0.15) is 0 Å². The molecule has 0 unspecified atom stereocenters. The van der Waals surface area contributed by atoms with Crippen molar-refractivity contribution in [2.45, 2.75) is 25.5 Å². The molecule has 2 aromatic carbocycles. The highest BCUT2D eigenvalue weighted by Gasteiger charge is 2.24. The van der Waals surface area contributed by atoms with Crippen molar-refractivity contribution in [1.29, 1.82) is 0 Å². The SMILES string of the molecule is Cc1ccccc1-c1ccc(C(=O)N[C@@H]2CCNC[C@H]2O)cc1.Cl. The summed E-state index contributed by atoms with van der Waals surface area (Å²) in [6, 6.07) is 15.6. The Balaban J connectivity index is 0.00000208. The van der Waals surface area contributed by atoms with Gasteiger partial charge in [-0.2, -0.15) is 0 Å². The van der Waals surface area contributed by atoms with Crippen LogP contribution in [-0.4, -0.2) is 36.2 Å². The highest BCUT2D eigenvalue weighted by molar-refractivity contribution is 5.95. The maximum Gasteiger partial charge on any atom is 0.251 e. The number of hydrogen-bond acceptors (Lipinski definition) is 3. The first-order valence-electron chi connectivity index (χ1n) is 8.01. The van der Waals surface area contributed by atoms with E-state index < -0.39 is 6.10 Å². The molecule has 2 atom stereocenters. The fourth-order valence-corrected chi connectivity index (χ4v) is 2.96. The average Bonchev–Trinajstić information content (AvgIpc) is 2.57.